The van der Waals surface area contributed by atoms with Crippen molar-refractivity contribution in [3.05, 3.63) is 82.2 Å². The predicted molar refractivity (Wildman–Crippen MR) is 168 cm³/mol. The van der Waals surface area contributed by atoms with Gasteiger partial charge in [-0.15, -0.1) is 0 Å². The molecule has 1 aromatic heterocycles. The number of oxazole rings is 1. The van der Waals surface area contributed by atoms with Crippen molar-refractivity contribution in [1.29, 1.82) is 0 Å². The van der Waals surface area contributed by atoms with Gasteiger partial charge >= 0.3 is 15.9 Å². The summed E-state index contributed by atoms with van der Waals surface area (Å²) < 4.78 is 62.5. The van der Waals surface area contributed by atoms with Gasteiger partial charge in [-0.25, -0.2) is 12.7 Å². The largest absolute Gasteiger partial charge is 0.396 e. The van der Waals surface area contributed by atoms with Crippen molar-refractivity contribution in [1.82, 2.24) is 0 Å². The van der Waals surface area contributed by atoms with Crippen LogP contribution in [0.2, 0.25) is 5.02 Å². The van der Waals surface area contributed by atoms with Crippen molar-refractivity contribution in [2.24, 2.45) is 0 Å². The lowest BCUT2D eigenvalue weighted by Gasteiger charge is -2.20. The summed E-state index contributed by atoms with van der Waals surface area (Å²) in [6.45, 7) is 5.82. The third kappa shape index (κ3) is 5.67. The van der Waals surface area contributed by atoms with E-state index in [4.69, 9.17) is 16.0 Å². The molecule has 0 saturated heterocycles. The second kappa shape index (κ2) is 11.8. The minimum atomic E-state index is -3.73. The summed E-state index contributed by atoms with van der Waals surface area (Å²) in [6, 6.07) is 14.9. The van der Waals surface area contributed by atoms with Gasteiger partial charge in [0.25, 0.3) is 5.52 Å². The fourth-order valence-corrected chi connectivity index (χ4v) is 9.75. The Labute approximate surface area is 250 Å². The minimum absolute atomic E-state index is 0.00272. The van der Waals surface area contributed by atoms with E-state index in [0.717, 1.165) is 34.1 Å². The number of halogens is 1. The van der Waals surface area contributed by atoms with E-state index in [2.05, 4.69) is 6.92 Å². The lowest BCUT2D eigenvalue weighted by atomic mass is 10.0. The van der Waals surface area contributed by atoms with Crippen LogP contribution >= 0.6 is 23.4 Å². The second-order valence-electron chi connectivity index (χ2n) is 9.82. The molecule has 7 nitrogen and oxygen atoms in total. The number of aromatic nitrogens is 1. The molecule has 0 saturated carbocycles. The van der Waals surface area contributed by atoms with Crippen molar-refractivity contribution in [2.45, 2.75) is 51.3 Å². The number of allylic oxidation sites excluding steroid dienone is 2. The van der Waals surface area contributed by atoms with Gasteiger partial charge in [0.05, 0.1) is 22.5 Å². The van der Waals surface area contributed by atoms with Crippen LogP contribution in [0.15, 0.2) is 75.0 Å². The summed E-state index contributed by atoms with van der Waals surface area (Å²) in [5.41, 5.74) is 2.56. The topological polar surface area (TPSA) is 88.5 Å². The number of fused-ring (bicyclic) bond motifs is 4. The SMILES string of the molecule is CCCCS(=O)(=O)N1/C(=C\C=C\c2oc3c4c(CC)cccc4ccc3[n+]2S(=O)(=O)CCC)Sc2ccc(Cl)cc21. The van der Waals surface area contributed by atoms with Crippen LogP contribution in [-0.2, 0) is 26.5 Å². The highest BCUT2D eigenvalue weighted by molar-refractivity contribution is 8.05. The highest BCUT2D eigenvalue weighted by Crippen LogP contribution is 2.48. The van der Waals surface area contributed by atoms with Gasteiger partial charge in [0.2, 0.25) is 15.6 Å². The fourth-order valence-electron chi connectivity index (χ4n) is 5.00. The smallest absolute Gasteiger partial charge is 0.391 e. The number of anilines is 1. The van der Waals surface area contributed by atoms with Crippen molar-refractivity contribution in [2.75, 3.05) is 15.8 Å². The van der Waals surface area contributed by atoms with Gasteiger partial charge in [0, 0.05) is 21.4 Å². The van der Waals surface area contributed by atoms with E-state index < -0.39 is 20.0 Å². The van der Waals surface area contributed by atoms with Gasteiger partial charge in [-0.2, -0.15) is 8.42 Å². The molecule has 1 aliphatic rings. The number of aryl methyl sites for hydroxylation is 1. The number of nitrogens with zero attached hydrogens (tertiary/aromatic N) is 2. The molecule has 1 aliphatic heterocycles. The molecule has 5 rings (SSSR count). The molecule has 0 spiro atoms. The highest BCUT2D eigenvalue weighted by atomic mass is 35.5. The van der Waals surface area contributed by atoms with Crippen LogP contribution in [0, 0.1) is 0 Å². The first-order valence-corrected chi connectivity index (χ1v) is 18.0. The van der Waals surface area contributed by atoms with E-state index >= 15 is 0 Å². The van der Waals surface area contributed by atoms with Crippen LogP contribution in [0.1, 0.15) is 51.5 Å². The van der Waals surface area contributed by atoms with Gasteiger partial charge < -0.3 is 4.42 Å². The van der Waals surface area contributed by atoms with Crippen LogP contribution in [-0.4, -0.2) is 28.3 Å². The Kier molecular flexibility index (Phi) is 8.57. The van der Waals surface area contributed by atoms with E-state index in [1.54, 1.807) is 42.5 Å². The molecule has 0 amide bonds. The average molecular weight is 632 g/mol. The van der Waals surface area contributed by atoms with E-state index in [-0.39, 0.29) is 17.4 Å². The summed E-state index contributed by atoms with van der Waals surface area (Å²) in [5, 5.41) is 2.78. The second-order valence-corrected chi connectivity index (χ2v) is 15.2. The van der Waals surface area contributed by atoms with Crippen molar-refractivity contribution in [3.8, 4) is 0 Å². The summed E-state index contributed by atoms with van der Waals surface area (Å²) >= 11 is 7.55. The zero-order valence-electron chi connectivity index (χ0n) is 23.1. The van der Waals surface area contributed by atoms with Crippen LogP contribution in [0.5, 0.6) is 0 Å². The average Bonchev–Trinajstić information content (AvgIpc) is 3.50. The number of rotatable bonds is 10. The van der Waals surface area contributed by atoms with E-state index in [9.17, 15) is 16.8 Å². The van der Waals surface area contributed by atoms with Crippen LogP contribution in [0.3, 0.4) is 0 Å². The Morgan fingerprint density at radius 3 is 2.54 bits per heavy atom. The third-order valence-electron chi connectivity index (χ3n) is 6.88. The minimum Gasteiger partial charge on any atom is -0.396 e. The third-order valence-corrected chi connectivity index (χ3v) is 11.9. The molecule has 0 aliphatic carbocycles. The van der Waals surface area contributed by atoms with Crippen molar-refractivity contribution >= 4 is 77.0 Å². The molecule has 0 unspecified atom stereocenters. The van der Waals surface area contributed by atoms with E-state index in [1.807, 2.05) is 38.1 Å². The lowest BCUT2D eigenvalue weighted by Crippen LogP contribution is -2.45. The van der Waals surface area contributed by atoms with Crippen molar-refractivity contribution < 1.29 is 25.2 Å². The maximum absolute atomic E-state index is 13.5. The molecule has 0 bridgehead atoms. The number of sulfonamides is 1. The molecule has 0 atom stereocenters. The van der Waals surface area contributed by atoms with Crippen LogP contribution in [0.4, 0.5) is 5.69 Å². The Morgan fingerprint density at radius 2 is 1.80 bits per heavy atom. The molecule has 3 aromatic carbocycles. The molecule has 0 fully saturated rings. The number of benzene rings is 3. The number of thioether (sulfide) groups is 1. The standard InChI is InChI=1S/C30H32ClN2O5S3/c1-4-7-19-41(36,37)33-25-20-23(31)15-17-26(25)39-28(33)13-9-12-27-32(40(34,35)18-5-2)24-16-14-22-11-8-10-21(6-3)29(22)30(24)38-27/h8-17,20H,4-7,18-19H2,1-3H3/q+1. The van der Waals surface area contributed by atoms with Crippen molar-refractivity contribution in [3.63, 3.8) is 0 Å². The Balaban J connectivity index is 1.65. The van der Waals surface area contributed by atoms with Crippen LogP contribution in [0.25, 0.3) is 27.9 Å². The van der Waals surface area contributed by atoms with Gasteiger partial charge in [-0.05, 0) is 70.6 Å². The van der Waals surface area contributed by atoms with E-state index in [1.165, 1.54) is 20.0 Å². The number of hydrogen-bond acceptors (Lipinski definition) is 6. The zero-order chi connectivity index (χ0) is 29.4. The number of hydrogen-bond donors (Lipinski definition) is 0. The summed E-state index contributed by atoms with van der Waals surface area (Å²) in [4.78, 5) is 0.775. The molecular formula is C30H32ClN2O5S3+. The predicted octanol–water partition coefficient (Wildman–Crippen LogP) is 7.27. The number of unbranched alkanes of at least 4 members (excludes halogenated alkanes) is 1. The van der Waals surface area contributed by atoms with E-state index in [0.29, 0.717) is 39.7 Å². The molecule has 4 aromatic rings. The molecule has 0 N–H and O–H groups in total. The first-order valence-electron chi connectivity index (χ1n) is 13.6. The molecule has 2 heterocycles. The quantitative estimate of drug-likeness (QED) is 0.171. The van der Waals surface area contributed by atoms with Gasteiger partial charge in [0.15, 0.2) is 0 Å². The zero-order valence-corrected chi connectivity index (χ0v) is 26.3. The van der Waals surface area contributed by atoms with Gasteiger partial charge in [-0.3, -0.25) is 0 Å². The Bertz CT molecular complexity index is 1910. The molecule has 41 heavy (non-hydrogen) atoms. The first-order chi connectivity index (χ1) is 19.6. The summed E-state index contributed by atoms with van der Waals surface area (Å²) in [5.74, 6) is 0.104. The van der Waals surface area contributed by atoms with Crippen LogP contribution < -0.4 is 8.28 Å². The Morgan fingerprint density at radius 1 is 1.00 bits per heavy atom. The normalized spacial score (nSPS) is 15.1. The summed E-state index contributed by atoms with van der Waals surface area (Å²) in [7, 11) is -7.39. The summed E-state index contributed by atoms with van der Waals surface area (Å²) in [6.07, 6.45) is 7.37. The Hall–Kier alpha value is -2.79. The monoisotopic (exact) mass is 631 g/mol. The van der Waals surface area contributed by atoms with Gasteiger partial charge in [0.1, 0.15) is 5.75 Å². The lowest BCUT2D eigenvalue weighted by molar-refractivity contribution is -0.490. The fraction of sp³-hybridized carbons (Fsp3) is 0.300. The molecule has 11 heteroatoms. The first kappa shape index (κ1) is 29.7. The molecular weight excluding hydrogens is 600 g/mol. The molecule has 0 radical (unpaired) electrons. The maximum atomic E-state index is 13.5. The molecule has 216 valence electrons. The highest BCUT2D eigenvalue weighted by Gasteiger charge is 2.35. The van der Waals surface area contributed by atoms with Gasteiger partial charge in [-0.1, -0.05) is 68.8 Å². The maximum Gasteiger partial charge on any atom is 0.391 e.